The largest absolute Gasteiger partial charge is 0.480 e. The van der Waals surface area contributed by atoms with Crippen LogP contribution in [-0.4, -0.2) is 82.0 Å². The molecule has 10 nitrogen and oxygen atoms in total. The second-order valence-electron chi connectivity index (χ2n) is 4.48. The van der Waals surface area contributed by atoms with E-state index < -0.39 is 48.9 Å². The van der Waals surface area contributed by atoms with Crippen molar-refractivity contribution < 1.29 is 29.4 Å². The van der Waals surface area contributed by atoms with Crippen LogP contribution in [0.2, 0.25) is 0 Å². The third kappa shape index (κ3) is 3.90. The zero-order valence-corrected chi connectivity index (χ0v) is 10.6. The predicted octanol–water partition coefficient (Wildman–Crippen LogP) is -3.52. The van der Waals surface area contributed by atoms with Gasteiger partial charge in [-0.1, -0.05) is 0 Å². The molecule has 10 heteroatoms. The van der Waals surface area contributed by atoms with Crippen LogP contribution in [0, 0.1) is 0 Å². The van der Waals surface area contributed by atoms with Gasteiger partial charge in [0.05, 0.1) is 13.1 Å². The highest BCUT2D eigenvalue weighted by molar-refractivity contribution is 5.84. The van der Waals surface area contributed by atoms with Gasteiger partial charge in [0.15, 0.2) is 0 Å². The number of carbonyl (C=O) groups is 4. The normalized spacial score (nSPS) is 24.2. The van der Waals surface area contributed by atoms with Gasteiger partial charge in [0.2, 0.25) is 11.8 Å². The Labute approximate surface area is 113 Å². The molecule has 0 unspecified atom stereocenters. The molecule has 1 aliphatic heterocycles. The highest BCUT2D eigenvalue weighted by Crippen LogP contribution is 2.15. The summed E-state index contributed by atoms with van der Waals surface area (Å²) < 4.78 is 0. The van der Waals surface area contributed by atoms with Crippen LogP contribution in [0.25, 0.3) is 0 Å². The van der Waals surface area contributed by atoms with Crippen LogP contribution < -0.4 is 11.5 Å². The third-order valence-electron chi connectivity index (χ3n) is 3.03. The van der Waals surface area contributed by atoms with Crippen LogP contribution >= 0.6 is 0 Å². The summed E-state index contributed by atoms with van der Waals surface area (Å²) in [5, 5.41) is 17.6. The smallest absolute Gasteiger partial charge is 0.317 e. The molecule has 1 saturated heterocycles. The van der Waals surface area contributed by atoms with Gasteiger partial charge < -0.3 is 21.7 Å². The molecule has 0 saturated carbocycles. The summed E-state index contributed by atoms with van der Waals surface area (Å²) >= 11 is 0. The standard InChI is InChI=1S/C10H16N4O6/c11-9(19)5-1-13(3-7(15)16)6(10(12)20)2-14(5)4-8(17)18/h5-6H,1-4H2,(H2,11,19)(H2,12,20)(H,15,16)(H,17,18)/t5-,6+. The summed E-state index contributed by atoms with van der Waals surface area (Å²) in [4.78, 5) is 46.6. The number of aliphatic carboxylic acids is 2. The molecule has 1 rings (SSSR count). The number of rotatable bonds is 6. The highest BCUT2D eigenvalue weighted by Gasteiger charge is 2.40. The van der Waals surface area contributed by atoms with E-state index in [1.54, 1.807) is 0 Å². The van der Waals surface area contributed by atoms with Crippen molar-refractivity contribution in [3.63, 3.8) is 0 Å². The van der Waals surface area contributed by atoms with Crippen LogP contribution in [0.15, 0.2) is 0 Å². The summed E-state index contributed by atoms with van der Waals surface area (Å²) in [6, 6.07) is -1.97. The summed E-state index contributed by atoms with van der Waals surface area (Å²) in [6.45, 7) is -1.30. The lowest BCUT2D eigenvalue weighted by atomic mass is 10.1. The Morgan fingerprint density at radius 2 is 1.15 bits per heavy atom. The molecule has 0 aromatic heterocycles. The molecule has 20 heavy (non-hydrogen) atoms. The Bertz CT molecular complexity index is 399. The van der Waals surface area contributed by atoms with Gasteiger partial charge in [-0.05, 0) is 0 Å². The van der Waals surface area contributed by atoms with Crippen molar-refractivity contribution in [2.45, 2.75) is 12.1 Å². The zero-order valence-electron chi connectivity index (χ0n) is 10.6. The summed E-state index contributed by atoms with van der Waals surface area (Å²) in [6.07, 6.45) is 0. The minimum Gasteiger partial charge on any atom is -0.480 e. The maximum Gasteiger partial charge on any atom is 0.317 e. The SMILES string of the molecule is NC(=O)[C@H]1CN(CC(=O)O)[C@H](C(N)=O)CN1CC(=O)O. The van der Waals surface area contributed by atoms with Gasteiger partial charge >= 0.3 is 11.9 Å². The van der Waals surface area contributed by atoms with Crippen molar-refractivity contribution in [2.75, 3.05) is 26.2 Å². The fourth-order valence-electron chi connectivity index (χ4n) is 2.17. The van der Waals surface area contributed by atoms with Crippen molar-refractivity contribution in [3.05, 3.63) is 0 Å². The molecule has 0 aromatic carbocycles. The van der Waals surface area contributed by atoms with Crippen molar-refractivity contribution in [3.8, 4) is 0 Å². The second kappa shape index (κ2) is 6.30. The molecule has 2 atom stereocenters. The summed E-state index contributed by atoms with van der Waals surface area (Å²) in [5.74, 6) is -3.95. The van der Waals surface area contributed by atoms with Crippen LogP contribution in [0.3, 0.4) is 0 Å². The molecule has 0 spiro atoms. The van der Waals surface area contributed by atoms with E-state index in [9.17, 15) is 19.2 Å². The van der Waals surface area contributed by atoms with E-state index >= 15 is 0 Å². The molecule has 0 aromatic rings. The number of amides is 2. The van der Waals surface area contributed by atoms with E-state index in [1.165, 1.54) is 9.80 Å². The average Bonchev–Trinajstić information content (AvgIpc) is 2.28. The highest BCUT2D eigenvalue weighted by atomic mass is 16.4. The molecular weight excluding hydrogens is 272 g/mol. The fourth-order valence-corrected chi connectivity index (χ4v) is 2.17. The molecular formula is C10H16N4O6. The minimum atomic E-state index is -1.19. The van der Waals surface area contributed by atoms with E-state index in [0.717, 1.165) is 0 Å². The zero-order chi connectivity index (χ0) is 15.4. The van der Waals surface area contributed by atoms with Crippen LogP contribution in [-0.2, 0) is 19.2 Å². The number of carbonyl (C=O) groups excluding carboxylic acids is 2. The predicted molar refractivity (Wildman–Crippen MR) is 64.4 cm³/mol. The monoisotopic (exact) mass is 288 g/mol. The number of hydrogen-bond acceptors (Lipinski definition) is 6. The first-order chi connectivity index (χ1) is 9.22. The molecule has 1 fully saturated rings. The van der Waals surface area contributed by atoms with E-state index in [4.69, 9.17) is 21.7 Å². The number of carboxylic acid groups (broad SMARTS) is 2. The lowest BCUT2D eigenvalue weighted by molar-refractivity contribution is -0.148. The van der Waals surface area contributed by atoms with Crippen molar-refractivity contribution in [2.24, 2.45) is 11.5 Å². The van der Waals surface area contributed by atoms with Gasteiger partial charge in [0, 0.05) is 13.1 Å². The second-order valence-corrected chi connectivity index (χ2v) is 4.48. The van der Waals surface area contributed by atoms with Crippen LogP contribution in [0.1, 0.15) is 0 Å². The van der Waals surface area contributed by atoms with E-state index in [2.05, 4.69) is 0 Å². The van der Waals surface area contributed by atoms with E-state index in [-0.39, 0.29) is 13.1 Å². The first kappa shape index (κ1) is 15.9. The van der Waals surface area contributed by atoms with Crippen molar-refractivity contribution in [1.82, 2.24) is 9.80 Å². The van der Waals surface area contributed by atoms with Crippen LogP contribution in [0.4, 0.5) is 0 Å². The molecule has 0 radical (unpaired) electrons. The lowest BCUT2D eigenvalue weighted by Gasteiger charge is -2.42. The molecule has 6 N–H and O–H groups in total. The van der Waals surface area contributed by atoms with Crippen molar-refractivity contribution in [1.29, 1.82) is 0 Å². The van der Waals surface area contributed by atoms with Gasteiger partial charge in [-0.2, -0.15) is 0 Å². The summed E-state index contributed by atoms with van der Waals surface area (Å²) in [7, 11) is 0. The molecule has 112 valence electrons. The van der Waals surface area contributed by atoms with Gasteiger partial charge in [0.25, 0.3) is 0 Å². The van der Waals surface area contributed by atoms with Gasteiger partial charge in [-0.15, -0.1) is 0 Å². The Morgan fingerprint density at radius 1 is 0.850 bits per heavy atom. The lowest BCUT2D eigenvalue weighted by Crippen LogP contribution is -2.66. The van der Waals surface area contributed by atoms with E-state index in [1.807, 2.05) is 0 Å². The Morgan fingerprint density at radius 3 is 1.35 bits per heavy atom. The van der Waals surface area contributed by atoms with Gasteiger partial charge in [-0.3, -0.25) is 29.0 Å². The van der Waals surface area contributed by atoms with Crippen LogP contribution in [0.5, 0.6) is 0 Å². The quantitative estimate of drug-likeness (QED) is 0.390. The maximum atomic E-state index is 11.4. The Kier molecular flexibility index (Phi) is 5.00. The van der Waals surface area contributed by atoms with Gasteiger partial charge in [0.1, 0.15) is 12.1 Å². The Hall–Kier alpha value is -2.20. The average molecular weight is 288 g/mol. The maximum absolute atomic E-state index is 11.4. The van der Waals surface area contributed by atoms with E-state index in [0.29, 0.717) is 0 Å². The number of hydrogen-bond donors (Lipinski definition) is 4. The minimum absolute atomic E-state index is 0.164. The molecule has 0 aliphatic carbocycles. The first-order valence-corrected chi connectivity index (χ1v) is 5.72. The molecule has 1 aliphatic rings. The number of piperazine rings is 1. The number of primary amides is 2. The van der Waals surface area contributed by atoms with Crippen molar-refractivity contribution >= 4 is 23.8 Å². The first-order valence-electron chi connectivity index (χ1n) is 5.72. The molecule has 0 bridgehead atoms. The summed E-state index contributed by atoms with van der Waals surface area (Å²) in [5.41, 5.74) is 10.4. The topological polar surface area (TPSA) is 167 Å². The number of nitrogens with zero attached hydrogens (tertiary/aromatic N) is 2. The molecule has 1 heterocycles. The third-order valence-corrected chi connectivity index (χ3v) is 3.03. The van der Waals surface area contributed by atoms with Gasteiger partial charge in [-0.25, -0.2) is 0 Å². The molecule has 2 amide bonds. The fraction of sp³-hybridized carbons (Fsp3) is 0.600. The number of carboxylic acids is 2. The number of nitrogens with two attached hydrogens (primary N) is 2. The Balaban J connectivity index is 2.96.